The SMILES string of the molecule is [CH]1[CH][CH][C](Cc2ccsc2C[C]2[CH][CH][CH][CH]2)[CH]1.[Fe+2]. The third-order valence-corrected chi connectivity index (χ3v) is 4.02. The van der Waals surface area contributed by atoms with E-state index in [0.29, 0.717) is 0 Å². The zero-order chi connectivity index (χ0) is 11.5. The second-order valence-electron chi connectivity index (χ2n) is 4.31. The molecule has 0 aromatic carbocycles. The predicted octanol–water partition coefficient (Wildman–Crippen LogP) is 3.64. The Morgan fingerprint density at radius 2 is 1.33 bits per heavy atom. The summed E-state index contributed by atoms with van der Waals surface area (Å²) < 4.78 is 0. The van der Waals surface area contributed by atoms with Crippen molar-refractivity contribution in [3.05, 3.63) is 85.1 Å². The van der Waals surface area contributed by atoms with E-state index in [4.69, 9.17) is 0 Å². The predicted molar refractivity (Wildman–Crippen MR) is 72.6 cm³/mol. The molecule has 0 bridgehead atoms. The summed E-state index contributed by atoms with van der Waals surface area (Å²) in [7, 11) is 0. The first-order valence-corrected chi connectivity index (χ1v) is 6.76. The Labute approximate surface area is 126 Å². The van der Waals surface area contributed by atoms with Crippen LogP contribution in [0.3, 0.4) is 0 Å². The molecular weight excluding hydrogens is 280 g/mol. The summed E-state index contributed by atoms with van der Waals surface area (Å²) in [5.74, 6) is 2.82. The van der Waals surface area contributed by atoms with Crippen LogP contribution in [-0.2, 0) is 29.9 Å². The van der Waals surface area contributed by atoms with Gasteiger partial charge in [0.15, 0.2) is 0 Å². The van der Waals surface area contributed by atoms with Gasteiger partial charge in [-0.05, 0) is 93.1 Å². The Kier molecular flexibility index (Phi) is 5.79. The minimum atomic E-state index is 0. The van der Waals surface area contributed by atoms with Gasteiger partial charge >= 0.3 is 17.1 Å². The first-order chi connectivity index (χ1) is 8.42. The summed E-state index contributed by atoms with van der Waals surface area (Å²) in [6.45, 7) is 0. The average molecular weight is 294 g/mol. The van der Waals surface area contributed by atoms with Crippen molar-refractivity contribution in [2.45, 2.75) is 12.8 Å². The molecular formula is C16H14FeS+2. The molecule has 0 aliphatic heterocycles. The van der Waals surface area contributed by atoms with Crippen LogP contribution in [0.5, 0.6) is 0 Å². The fraction of sp³-hybridized carbons (Fsp3) is 0.125. The summed E-state index contributed by atoms with van der Waals surface area (Å²) in [4.78, 5) is 1.50. The van der Waals surface area contributed by atoms with Crippen LogP contribution < -0.4 is 0 Å². The second-order valence-corrected chi connectivity index (χ2v) is 5.31. The number of hydrogen-bond acceptors (Lipinski definition) is 1. The van der Waals surface area contributed by atoms with Gasteiger partial charge in [-0.1, -0.05) is 0 Å². The van der Waals surface area contributed by atoms with E-state index in [0.717, 1.165) is 12.8 Å². The van der Waals surface area contributed by atoms with Crippen LogP contribution in [0.2, 0.25) is 0 Å². The first-order valence-electron chi connectivity index (χ1n) is 5.88. The van der Waals surface area contributed by atoms with Crippen molar-refractivity contribution >= 4 is 11.3 Å². The van der Waals surface area contributed by atoms with Gasteiger partial charge in [0, 0.05) is 4.88 Å². The molecule has 1 aromatic heterocycles. The van der Waals surface area contributed by atoms with Gasteiger partial charge < -0.3 is 0 Å². The molecule has 2 heteroatoms. The third-order valence-electron chi connectivity index (χ3n) is 3.06. The molecule has 0 saturated heterocycles. The van der Waals surface area contributed by atoms with Crippen molar-refractivity contribution in [2.24, 2.45) is 0 Å². The first kappa shape index (κ1) is 14.6. The number of hydrogen-bond donors (Lipinski definition) is 0. The van der Waals surface area contributed by atoms with Crippen molar-refractivity contribution in [2.75, 3.05) is 0 Å². The topological polar surface area (TPSA) is 0 Å². The van der Waals surface area contributed by atoms with Gasteiger partial charge in [-0.2, -0.15) is 0 Å². The minimum Gasteiger partial charge on any atom is -0.149 e. The molecule has 1 heterocycles. The van der Waals surface area contributed by atoms with E-state index in [1.165, 1.54) is 22.3 Å². The van der Waals surface area contributed by atoms with Gasteiger partial charge in [0.05, 0.1) is 0 Å². The van der Waals surface area contributed by atoms with Crippen LogP contribution in [-0.4, -0.2) is 0 Å². The van der Waals surface area contributed by atoms with Gasteiger partial charge in [-0.3, -0.25) is 0 Å². The Morgan fingerprint density at radius 1 is 0.778 bits per heavy atom. The molecule has 2 fully saturated rings. The van der Waals surface area contributed by atoms with Crippen molar-refractivity contribution in [1.82, 2.24) is 0 Å². The largest absolute Gasteiger partial charge is 2.00 e. The van der Waals surface area contributed by atoms with Crippen LogP contribution in [0.15, 0.2) is 11.4 Å². The normalized spacial score (nSPS) is 21.3. The molecule has 2 aliphatic carbocycles. The zero-order valence-corrected chi connectivity index (χ0v) is 11.9. The molecule has 18 heavy (non-hydrogen) atoms. The van der Waals surface area contributed by atoms with Crippen LogP contribution in [0.1, 0.15) is 10.4 Å². The second kappa shape index (κ2) is 7.12. The molecule has 2 saturated carbocycles. The standard InChI is InChI=1S/C16H14S.Fe/c1-2-6-13(5-1)11-15-9-10-17-16(15)12-14-7-3-4-8-14;/h1-10H,11-12H2;/q;+2. The summed E-state index contributed by atoms with van der Waals surface area (Å²) in [5, 5.41) is 2.20. The third kappa shape index (κ3) is 3.62. The summed E-state index contributed by atoms with van der Waals surface area (Å²) in [5.41, 5.74) is 1.47. The van der Waals surface area contributed by atoms with Crippen LogP contribution >= 0.6 is 11.3 Å². The smallest absolute Gasteiger partial charge is 0.149 e. The molecule has 1 aromatic rings. The maximum absolute atomic E-state index is 2.26. The van der Waals surface area contributed by atoms with Gasteiger partial charge in [-0.15, -0.1) is 11.3 Å². The van der Waals surface area contributed by atoms with E-state index in [9.17, 15) is 0 Å². The van der Waals surface area contributed by atoms with E-state index in [2.05, 4.69) is 62.8 Å². The molecule has 10 radical (unpaired) electrons. The monoisotopic (exact) mass is 294 g/mol. The Morgan fingerprint density at radius 3 is 1.94 bits per heavy atom. The van der Waals surface area contributed by atoms with E-state index in [-0.39, 0.29) is 17.1 Å². The molecule has 0 spiro atoms. The van der Waals surface area contributed by atoms with Crippen LogP contribution in [0.25, 0.3) is 0 Å². The van der Waals surface area contributed by atoms with Gasteiger partial charge in [0.1, 0.15) is 0 Å². The molecule has 0 nitrogen and oxygen atoms in total. The fourth-order valence-electron chi connectivity index (χ4n) is 2.15. The Balaban J connectivity index is 0.00000120. The molecule has 3 rings (SSSR count). The van der Waals surface area contributed by atoms with E-state index in [1.54, 1.807) is 0 Å². The number of rotatable bonds is 4. The maximum Gasteiger partial charge on any atom is 2.00 e. The van der Waals surface area contributed by atoms with E-state index < -0.39 is 0 Å². The van der Waals surface area contributed by atoms with Gasteiger partial charge in [-0.25, -0.2) is 0 Å². The van der Waals surface area contributed by atoms with Gasteiger partial charge in [0.2, 0.25) is 0 Å². The Bertz CT molecular complexity index is 313. The number of thiophene rings is 1. The zero-order valence-electron chi connectivity index (χ0n) is 9.95. The van der Waals surface area contributed by atoms with Crippen LogP contribution in [0.4, 0.5) is 0 Å². The maximum atomic E-state index is 2.26. The molecule has 0 atom stereocenters. The molecule has 0 N–H and O–H groups in total. The quantitative estimate of drug-likeness (QED) is 0.744. The minimum absolute atomic E-state index is 0. The van der Waals surface area contributed by atoms with Crippen molar-refractivity contribution in [1.29, 1.82) is 0 Å². The molecule has 2 aliphatic rings. The van der Waals surface area contributed by atoms with Crippen molar-refractivity contribution in [3.8, 4) is 0 Å². The Hall–Kier alpha value is 0.219. The summed E-state index contributed by atoms with van der Waals surface area (Å²) in [6.07, 6.45) is 19.4. The molecule has 0 unspecified atom stereocenters. The van der Waals surface area contributed by atoms with E-state index >= 15 is 0 Å². The molecule has 90 valence electrons. The molecule has 0 amide bonds. The summed E-state index contributed by atoms with van der Waals surface area (Å²) >= 11 is 1.87. The van der Waals surface area contributed by atoms with Gasteiger partial charge in [0.25, 0.3) is 0 Å². The van der Waals surface area contributed by atoms with Crippen molar-refractivity contribution < 1.29 is 17.1 Å². The summed E-state index contributed by atoms with van der Waals surface area (Å²) in [6, 6.07) is 2.26. The average Bonchev–Trinajstić information content (AvgIpc) is 3.04. The van der Waals surface area contributed by atoms with Crippen LogP contribution in [0, 0.1) is 63.2 Å². The van der Waals surface area contributed by atoms with E-state index in [1.807, 2.05) is 11.3 Å². The van der Waals surface area contributed by atoms with Crippen molar-refractivity contribution in [3.63, 3.8) is 0 Å². The fourth-order valence-corrected chi connectivity index (χ4v) is 3.09.